The minimum Gasteiger partial charge on any atom is -0.202 e. The summed E-state index contributed by atoms with van der Waals surface area (Å²) in [5.74, 6) is 0. The lowest BCUT2D eigenvalue weighted by Crippen LogP contribution is -2.37. The summed E-state index contributed by atoms with van der Waals surface area (Å²) in [5.41, 5.74) is 2.95. The molecule has 1 heteroatoms. The van der Waals surface area contributed by atoms with Gasteiger partial charge in [0.25, 0.3) is 0 Å². The van der Waals surface area contributed by atoms with E-state index in [0.717, 1.165) is 6.42 Å². The van der Waals surface area contributed by atoms with Crippen LogP contribution in [-0.2, 0) is 13.0 Å². The van der Waals surface area contributed by atoms with E-state index in [2.05, 4.69) is 43.7 Å². The molecule has 0 bridgehead atoms. The van der Waals surface area contributed by atoms with E-state index in [0.29, 0.717) is 0 Å². The summed E-state index contributed by atoms with van der Waals surface area (Å²) in [6.07, 6.45) is 23.5. The molecule has 1 nitrogen and oxygen atoms in total. The Hall–Kier alpha value is -0.850. The topological polar surface area (TPSA) is 3.88 Å². The molecule has 25 heavy (non-hydrogen) atoms. The second-order valence-corrected chi connectivity index (χ2v) is 7.76. The number of hydrogen-bond acceptors (Lipinski definition) is 0. The fourth-order valence-corrected chi connectivity index (χ4v) is 3.77. The molecule has 0 spiro atoms. The summed E-state index contributed by atoms with van der Waals surface area (Å²) in [6, 6.07) is 4.46. The van der Waals surface area contributed by atoms with Crippen molar-refractivity contribution in [3.05, 3.63) is 29.6 Å². The molecule has 144 valence electrons. The van der Waals surface area contributed by atoms with Gasteiger partial charge in [0.15, 0.2) is 11.9 Å². The van der Waals surface area contributed by atoms with Gasteiger partial charge in [-0.2, -0.15) is 0 Å². The molecule has 0 unspecified atom stereocenters. The minimum absolute atomic E-state index is 1.14. The van der Waals surface area contributed by atoms with Gasteiger partial charge >= 0.3 is 0 Å². The Kier molecular flexibility index (Phi) is 13.7. The molecular formula is C24H44N+. The van der Waals surface area contributed by atoms with Gasteiger partial charge in [0.1, 0.15) is 6.54 Å². The van der Waals surface area contributed by atoms with E-state index in [9.17, 15) is 0 Å². The SMILES string of the molecule is CCCCCCCCCCCCCCCC[n+]1cccc(CC)c1C. The Labute approximate surface area is 158 Å². The zero-order valence-electron chi connectivity index (χ0n) is 17.5. The van der Waals surface area contributed by atoms with Crippen molar-refractivity contribution in [2.75, 3.05) is 0 Å². The smallest absolute Gasteiger partial charge is 0.181 e. The van der Waals surface area contributed by atoms with Crippen molar-refractivity contribution in [3.8, 4) is 0 Å². The number of hydrogen-bond donors (Lipinski definition) is 0. The fraction of sp³-hybridized carbons (Fsp3) is 0.792. The maximum Gasteiger partial charge on any atom is 0.181 e. The molecule has 0 aromatic carbocycles. The van der Waals surface area contributed by atoms with E-state index in [4.69, 9.17) is 0 Å². The molecule has 1 aromatic heterocycles. The predicted octanol–water partition coefficient (Wildman–Crippen LogP) is 7.33. The van der Waals surface area contributed by atoms with Crippen molar-refractivity contribution in [2.24, 2.45) is 0 Å². The van der Waals surface area contributed by atoms with E-state index >= 15 is 0 Å². The highest BCUT2D eigenvalue weighted by atomic mass is 14.9. The number of aryl methyl sites for hydroxylation is 2. The molecule has 0 saturated heterocycles. The number of rotatable bonds is 16. The maximum absolute atomic E-state index is 2.44. The van der Waals surface area contributed by atoms with Crippen molar-refractivity contribution < 1.29 is 4.57 Å². The highest BCUT2D eigenvalue weighted by Gasteiger charge is 2.08. The monoisotopic (exact) mass is 346 g/mol. The largest absolute Gasteiger partial charge is 0.202 e. The summed E-state index contributed by atoms with van der Waals surface area (Å²) >= 11 is 0. The summed E-state index contributed by atoms with van der Waals surface area (Å²) in [4.78, 5) is 0. The molecule has 0 amide bonds. The lowest BCUT2D eigenvalue weighted by atomic mass is 10.0. The summed E-state index contributed by atoms with van der Waals surface area (Å²) in [6.45, 7) is 8.00. The number of aromatic nitrogens is 1. The number of nitrogens with zero attached hydrogens (tertiary/aromatic N) is 1. The molecule has 0 fully saturated rings. The van der Waals surface area contributed by atoms with E-state index in [1.54, 1.807) is 0 Å². The van der Waals surface area contributed by atoms with Crippen molar-refractivity contribution in [1.29, 1.82) is 0 Å². The first-order chi connectivity index (χ1) is 12.3. The molecule has 0 aliphatic heterocycles. The van der Waals surface area contributed by atoms with Crippen LogP contribution in [0.2, 0.25) is 0 Å². The zero-order valence-corrected chi connectivity index (χ0v) is 17.5. The lowest BCUT2D eigenvalue weighted by molar-refractivity contribution is -0.703. The molecule has 1 rings (SSSR count). The third-order valence-electron chi connectivity index (χ3n) is 5.59. The van der Waals surface area contributed by atoms with Crippen molar-refractivity contribution in [3.63, 3.8) is 0 Å². The van der Waals surface area contributed by atoms with Crippen LogP contribution in [0.1, 0.15) is 115 Å². The minimum atomic E-state index is 1.14. The predicted molar refractivity (Wildman–Crippen MR) is 111 cm³/mol. The molecule has 0 aliphatic carbocycles. The molecule has 1 aromatic rings. The van der Waals surface area contributed by atoms with Crippen LogP contribution >= 0.6 is 0 Å². The van der Waals surface area contributed by atoms with Gasteiger partial charge in [0.2, 0.25) is 0 Å². The standard InChI is InChI=1S/C24H44N/c1-4-6-7-8-9-10-11-12-13-14-15-16-17-18-21-25-22-19-20-24(5-2)23(25)3/h19-20,22H,4-18,21H2,1-3H3/q+1. The summed E-state index contributed by atoms with van der Waals surface area (Å²) in [7, 11) is 0. The molecule has 1 heterocycles. The first-order valence-corrected chi connectivity index (χ1v) is 11.3. The second-order valence-electron chi connectivity index (χ2n) is 7.76. The molecular weight excluding hydrogens is 302 g/mol. The second kappa shape index (κ2) is 15.4. The Morgan fingerprint density at radius 3 is 1.64 bits per heavy atom. The fourth-order valence-electron chi connectivity index (χ4n) is 3.77. The van der Waals surface area contributed by atoms with Crippen LogP contribution in [0.3, 0.4) is 0 Å². The first-order valence-electron chi connectivity index (χ1n) is 11.3. The first kappa shape index (κ1) is 22.2. The Balaban J connectivity index is 1.89. The highest BCUT2D eigenvalue weighted by Crippen LogP contribution is 2.13. The van der Waals surface area contributed by atoms with Crippen LogP contribution in [0.5, 0.6) is 0 Å². The van der Waals surface area contributed by atoms with Crippen molar-refractivity contribution in [2.45, 2.75) is 124 Å². The van der Waals surface area contributed by atoms with Gasteiger partial charge in [-0.3, -0.25) is 0 Å². The van der Waals surface area contributed by atoms with Gasteiger partial charge in [-0.1, -0.05) is 90.9 Å². The molecule has 0 atom stereocenters. The Morgan fingerprint density at radius 2 is 1.16 bits per heavy atom. The van der Waals surface area contributed by atoms with Crippen molar-refractivity contribution >= 4 is 0 Å². The quantitative estimate of drug-likeness (QED) is 0.218. The Bertz CT molecular complexity index is 424. The highest BCUT2D eigenvalue weighted by molar-refractivity contribution is 5.13. The van der Waals surface area contributed by atoms with Crippen LogP contribution in [-0.4, -0.2) is 0 Å². The third kappa shape index (κ3) is 10.7. The van der Waals surface area contributed by atoms with E-state index < -0.39 is 0 Å². The van der Waals surface area contributed by atoms with E-state index in [1.165, 1.54) is 108 Å². The Morgan fingerprint density at radius 1 is 0.680 bits per heavy atom. The van der Waals surface area contributed by atoms with Crippen LogP contribution in [0, 0.1) is 6.92 Å². The molecule has 0 N–H and O–H groups in total. The lowest BCUT2D eigenvalue weighted by Gasteiger charge is -2.05. The van der Waals surface area contributed by atoms with Gasteiger partial charge < -0.3 is 0 Å². The number of pyridine rings is 1. The zero-order chi connectivity index (χ0) is 18.2. The van der Waals surface area contributed by atoms with Crippen LogP contribution < -0.4 is 4.57 Å². The van der Waals surface area contributed by atoms with Crippen LogP contribution in [0.4, 0.5) is 0 Å². The van der Waals surface area contributed by atoms with Gasteiger partial charge in [0.05, 0.1) is 0 Å². The van der Waals surface area contributed by atoms with Crippen LogP contribution in [0.15, 0.2) is 18.3 Å². The average molecular weight is 347 g/mol. The van der Waals surface area contributed by atoms with Crippen LogP contribution in [0.25, 0.3) is 0 Å². The van der Waals surface area contributed by atoms with E-state index in [1.807, 2.05) is 0 Å². The average Bonchev–Trinajstić information content (AvgIpc) is 2.63. The van der Waals surface area contributed by atoms with Gasteiger partial charge in [-0.15, -0.1) is 0 Å². The summed E-state index contributed by atoms with van der Waals surface area (Å²) in [5, 5.41) is 0. The van der Waals surface area contributed by atoms with Gasteiger partial charge in [-0.05, 0) is 18.9 Å². The summed E-state index contributed by atoms with van der Waals surface area (Å²) < 4.78 is 2.44. The molecule has 0 radical (unpaired) electrons. The van der Waals surface area contributed by atoms with Gasteiger partial charge in [-0.25, -0.2) is 4.57 Å². The third-order valence-corrected chi connectivity index (χ3v) is 5.59. The normalized spacial score (nSPS) is 11.2. The molecule has 0 saturated carbocycles. The van der Waals surface area contributed by atoms with E-state index in [-0.39, 0.29) is 0 Å². The van der Waals surface area contributed by atoms with Crippen molar-refractivity contribution in [1.82, 2.24) is 0 Å². The maximum atomic E-state index is 2.44. The number of unbranched alkanes of at least 4 members (excludes halogenated alkanes) is 13. The van der Waals surface area contributed by atoms with Gasteiger partial charge in [0, 0.05) is 25.0 Å². The molecule has 0 aliphatic rings.